The molecule has 0 N–H and O–H groups in total. The Morgan fingerprint density at radius 3 is 2.93 bits per heavy atom. The number of aryl methyl sites for hydroxylation is 2. The van der Waals surface area contributed by atoms with E-state index in [1.807, 2.05) is 0 Å². The number of alkyl halides is 1. The molecule has 1 heterocycles. The smallest absolute Gasteiger partial charge is 0.167 e. The molecule has 1 unspecified atom stereocenters. The maximum absolute atomic E-state index is 6.19. The standard InChI is InChI=1S/C9H15ClN4/c1-14-12-9(11-13-14)4-2-3-8(10)7-5-6-7/h7-8H,2-6H2,1H3. The van der Waals surface area contributed by atoms with E-state index in [1.165, 1.54) is 17.6 Å². The summed E-state index contributed by atoms with van der Waals surface area (Å²) in [7, 11) is 1.78. The minimum absolute atomic E-state index is 0.367. The summed E-state index contributed by atoms with van der Waals surface area (Å²) in [5, 5.41) is 12.2. The molecule has 0 spiro atoms. The van der Waals surface area contributed by atoms with Crippen LogP contribution in [0, 0.1) is 5.92 Å². The van der Waals surface area contributed by atoms with Crippen molar-refractivity contribution in [2.75, 3.05) is 0 Å². The fourth-order valence-electron chi connectivity index (χ4n) is 1.57. The Kier molecular flexibility index (Phi) is 3.01. The molecule has 1 aliphatic rings. The lowest BCUT2D eigenvalue weighted by Crippen LogP contribution is -2.02. The molecule has 0 amide bonds. The van der Waals surface area contributed by atoms with Gasteiger partial charge >= 0.3 is 0 Å². The highest BCUT2D eigenvalue weighted by atomic mass is 35.5. The van der Waals surface area contributed by atoms with E-state index in [-0.39, 0.29) is 0 Å². The van der Waals surface area contributed by atoms with Gasteiger partial charge in [-0.1, -0.05) is 0 Å². The Hall–Kier alpha value is -0.640. The number of nitrogens with zero attached hydrogens (tertiary/aromatic N) is 4. The number of hydrogen-bond acceptors (Lipinski definition) is 3. The van der Waals surface area contributed by atoms with Gasteiger partial charge in [0.05, 0.1) is 7.05 Å². The summed E-state index contributed by atoms with van der Waals surface area (Å²) in [5.41, 5.74) is 0. The molecule has 0 radical (unpaired) electrons. The number of tetrazole rings is 1. The second-order valence-electron chi connectivity index (χ2n) is 3.94. The normalized spacial score (nSPS) is 18.4. The van der Waals surface area contributed by atoms with E-state index in [0.29, 0.717) is 5.38 Å². The molecule has 1 aromatic heterocycles. The lowest BCUT2D eigenvalue weighted by atomic mass is 10.1. The van der Waals surface area contributed by atoms with Gasteiger partial charge in [0.1, 0.15) is 0 Å². The van der Waals surface area contributed by atoms with Gasteiger partial charge in [0.15, 0.2) is 5.82 Å². The van der Waals surface area contributed by atoms with Crippen LogP contribution in [0.4, 0.5) is 0 Å². The minimum atomic E-state index is 0.367. The first-order chi connectivity index (χ1) is 6.75. The van der Waals surface area contributed by atoms with E-state index < -0.39 is 0 Å². The van der Waals surface area contributed by atoms with Crippen molar-refractivity contribution < 1.29 is 0 Å². The van der Waals surface area contributed by atoms with Crippen molar-refractivity contribution >= 4 is 11.6 Å². The van der Waals surface area contributed by atoms with Crippen LogP contribution in [0.3, 0.4) is 0 Å². The zero-order valence-electron chi connectivity index (χ0n) is 8.36. The van der Waals surface area contributed by atoms with Crippen LogP contribution < -0.4 is 0 Å². The van der Waals surface area contributed by atoms with E-state index in [0.717, 1.165) is 31.0 Å². The third kappa shape index (κ3) is 2.67. The van der Waals surface area contributed by atoms with Crippen LogP contribution in [0.15, 0.2) is 0 Å². The van der Waals surface area contributed by atoms with Gasteiger partial charge in [-0.2, -0.15) is 4.80 Å². The molecule has 1 aliphatic carbocycles. The molecule has 5 heteroatoms. The molecule has 2 rings (SSSR count). The van der Waals surface area contributed by atoms with Gasteiger partial charge in [0.25, 0.3) is 0 Å². The monoisotopic (exact) mass is 214 g/mol. The summed E-state index contributed by atoms with van der Waals surface area (Å²) >= 11 is 6.19. The SMILES string of the molecule is Cn1nnc(CCCC(Cl)C2CC2)n1. The van der Waals surface area contributed by atoms with Crippen molar-refractivity contribution in [1.82, 2.24) is 20.2 Å². The average molecular weight is 215 g/mol. The predicted octanol–water partition coefficient (Wildman–Crippen LogP) is 1.55. The fraction of sp³-hybridized carbons (Fsp3) is 0.889. The number of rotatable bonds is 5. The third-order valence-corrected chi connectivity index (χ3v) is 3.14. The van der Waals surface area contributed by atoms with Gasteiger partial charge in [-0.15, -0.1) is 21.8 Å². The Morgan fingerprint density at radius 1 is 1.57 bits per heavy atom. The predicted molar refractivity (Wildman–Crippen MR) is 54.1 cm³/mol. The van der Waals surface area contributed by atoms with Gasteiger partial charge in [-0.05, 0) is 36.8 Å². The molecule has 0 aromatic carbocycles. The minimum Gasteiger partial charge on any atom is -0.167 e. The maximum Gasteiger partial charge on any atom is 0.174 e. The van der Waals surface area contributed by atoms with Gasteiger partial charge in [0.2, 0.25) is 0 Å². The maximum atomic E-state index is 6.19. The zero-order valence-corrected chi connectivity index (χ0v) is 9.11. The number of hydrogen-bond donors (Lipinski definition) is 0. The van der Waals surface area contributed by atoms with Gasteiger partial charge in [0, 0.05) is 11.8 Å². The molecular weight excluding hydrogens is 200 g/mol. The first-order valence-electron chi connectivity index (χ1n) is 5.12. The van der Waals surface area contributed by atoms with E-state index in [1.54, 1.807) is 7.05 Å². The third-order valence-electron chi connectivity index (χ3n) is 2.56. The van der Waals surface area contributed by atoms with Crippen LogP contribution in [0.5, 0.6) is 0 Å². The summed E-state index contributed by atoms with van der Waals surface area (Å²) in [6.45, 7) is 0. The van der Waals surface area contributed by atoms with Crippen molar-refractivity contribution in [3.63, 3.8) is 0 Å². The first-order valence-corrected chi connectivity index (χ1v) is 5.56. The molecule has 1 aromatic rings. The van der Waals surface area contributed by atoms with E-state index in [9.17, 15) is 0 Å². The largest absolute Gasteiger partial charge is 0.174 e. The highest BCUT2D eigenvalue weighted by Crippen LogP contribution is 2.37. The first kappa shape index (κ1) is 9.90. The summed E-state index contributed by atoms with van der Waals surface area (Å²) in [6, 6.07) is 0. The van der Waals surface area contributed by atoms with Crippen molar-refractivity contribution in [1.29, 1.82) is 0 Å². The lowest BCUT2D eigenvalue weighted by molar-refractivity contribution is 0.614. The van der Waals surface area contributed by atoms with Gasteiger partial charge < -0.3 is 0 Å². The molecule has 4 nitrogen and oxygen atoms in total. The second kappa shape index (κ2) is 4.26. The molecule has 1 atom stereocenters. The summed E-state index contributed by atoms with van der Waals surface area (Å²) < 4.78 is 0. The van der Waals surface area contributed by atoms with Crippen LogP contribution in [0.2, 0.25) is 0 Å². The van der Waals surface area contributed by atoms with Crippen molar-refractivity contribution in [2.45, 2.75) is 37.5 Å². The molecule has 0 bridgehead atoms. The average Bonchev–Trinajstić information content (AvgIpc) is 2.92. The van der Waals surface area contributed by atoms with Crippen LogP contribution in [0.25, 0.3) is 0 Å². The molecule has 78 valence electrons. The molecule has 0 saturated heterocycles. The van der Waals surface area contributed by atoms with Crippen LogP contribution >= 0.6 is 11.6 Å². The molecular formula is C9H15ClN4. The van der Waals surface area contributed by atoms with Crippen LogP contribution in [-0.2, 0) is 13.5 Å². The van der Waals surface area contributed by atoms with E-state index >= 15 is 0 Å². The second-order valence-corrected chi connectivity index (χ2v) is 4.50. The van der Waals surface area contributed by atoms with E-state index in [2.05, 4.69) is 15.4 Å². The van der Waals surface area contributed by atoms with Crippen molar-refractivity contribution in [3.8, 4) is 0 Å². The fourth-order valence-corrected chi connectivity index (χ4v) is 1.98. The molecule has 0 aliphatic heterocycles. The summed E-state index contributed by atoms with van der Waals surface area (Å²) in [6.07, 6.45) is 5.67. The Balaban J connectivity index is 1.67. The Morgan fingerprint density at radius 2 is 2.36 bits per heavy atom. The van der Waals surface area contributed by atoms with E-state index in [4.69, 9.17) is 11.6 Å². The molecule has 14 heavy (non-hydrogen) atoms. The van der Waals surface area contributed by atoms with Crippen LogP contribution in [-0.4, -0.2) is 25.6 Å². The number of halogens is 1. The summed E-state index contributed by atoms with van der Waals surface area (Å²) in [5.74, 6) is 1.61. The highest BCUT2D eigenvalue weighted by Gasteiger charge is 2.28. The quantitative estimate of drug-likeness (QED) is 0.699. The van der Waals surface area contributed by atoms with Gasteiger partial charge in [-0.25, -0.2) is 0 Å². The Labute approximate surface area is 88.6 Å². The lowest BCUT2D eigenvalue weighted by Gasteiger charge is -2.04. The zero-order chi connectivity index (χ0) is 9.97. The topological polar surface area (TPSA) is 43.6 Å². The molecule has 1 saturated carbocycles. The van der Waals surface area contributed by atoms with Crippen molar-refractivity contribution in [2.24, 2.45) is 13.0 Å². The van der Waals surface area contributed by atoms with Gasteiger partial charge in [-0.3, -0.25) is 0 Å². The highest BCUT2D eigenvalue weighted by molar-refractivity contribution is 6.20. The Bertz CT molecular complexity index is 295. The molecule has 1 fully saturated rings. The number of aromatic nitrogens is 4. The summed E-state index contributed by atoms with van der Waals surface area (Å²) in [4.78, 5) is 1.49. The van der Waals surface area contributed by atoms with Crippen LogP contribution in [0.1, 0.15) is 31.5 Å². The van der Waals surface area contributed by atoms with Crippen molar-refractivity contribution in [3.05, 3.63) is 5.82 Å².